The van der Waals surface area contributed by atoms with E-state index in [9.17, 15) is 4.79 Å². The second-order valence-electron chi connectivity index (χ2n) is 3.87. The third-order valence-electron chi connectivity index (χ3n) is 2.28. The van der Waals surface area contributed by atoms with E-state index in [0.29, 0.717) is 5.75 Å². The number of hydrogen-bond acceptors (Lipinski definition) is 3. The van der Waals surface area contributed by atoms with Crippen molar-refractivity contribution < 1.29 is 14.6 Å². The molecule has 0 radical (unpaired) electrons. The molecule has 0 fully saturated rings. The van der Waals surface area contributed by atoms with Gasteiger partial charge in [0.05, 0.1) is 11.6 Å². The van der Waals surface area contributed by atoms with Crippen LogP contribution in [-0.2, 0) is 11.2 Å². The van der Waals surface area contributed by atoms with Gasteiger partial charge < -0.3 is 15.6 Å². The molecule has 0 aliphatic heterocycles. The molecule has 0 heterocycles. The number of rotatable bonds is 4. The highest BCUT2D eigenvalue weighted by atomic mass is 79.9. The number of carboxylic acids is 1. The van der Waals surface area contributed by atoms with E-state index in [0.717, 1.165) is 10.0 Å². The minimum Gasteiger partial charge on any atom is -0.496 e. The lowest BCUT2D eigenvalue weighted by atomic mass is 9.94. The number of nitrogens with two attached hydrogens (primary N) is 1. The molecule has 1 atom stereocenters. The zero-order valence-corrected chi connectivity index (χ0v) is 10.7. The van der Waals surface area contributed by atoms with E-state index in [2.05, 4.69) is 15.9 Å². The molecule has 0 bridgehead atoms. The van der Waals surface area contributed by atoms with Gasteiger partial charge in [0, 0.05) is 6.42 Å². The van der Waals surface area contributed by atoms with Gasteiger partial charge in [-0.25, -0.2) is 0 Å². The SMILES string of the molecule is COc1ccc(C[C@](C)(N)C(=O)O)cc1Br. The van der Waals surface area contributed by atoms with E-state index in [4.69, 9.17) is 15.6 Å². The molecule has 1 aromatic rings. The Balaban J connectivity index is 2.91. The zero-order chi connectivity index (χ0) is 12.3. The first-order chi connectivity index (χ1) is 7.36. The minimum absolute atomic E-state index is 0.269. The Morgan fingerprint density at radius 3 is 2.69 bits per heavy atom. The summed E-state index contributed by atoms with van der Waals surface area (Å²) >= 11 is 3.34. The van der Waals surface area contributed by atoms with Crippen molar-refractivity contribution in [2.45, 2.75) is 18.9 Å². The third kappa shape index (κ3) is 2.96. The summed E-state index contributed by atoms with van der Waals surface area (Å²) in [4.78, 5) is 10.9. The number of ether oxygens (including phenoxy) is 1. The van der Waals surface area contributed by atoms with Crippen LogP contribution in [0.2, 0.25) is 0 Å². The first-order valence-electron chi connectivity index (χ1n) is 4.71. The van der Waals surface area contributed by atoms with Crippen molar-refractivity contribution in [2.75, 3.05) is 7.11 Å². The standard InChI is InChI=1S/C11H14BrNO3/c1-11(13,10(14)15)6-7-3-4-9(16-2)8(12)5-7/h3-5H,6,13H2,1-2H3,(H,14,15)/t11-/m0/s1. The molecule has 1 rings (SSSR count). The molecule has 5 heteroatoms. The Hall–Kier alpha value is -1.07. The minimum atomic E-state index is -1.26. The van der Waals surface area contributed by atoms with Crippen LogP contribution in [0.3, 0.4) is 0 Å². The summed E-state index contributed by atoms with van der Waals surface area (Å²) in [6, 6.07) is 5.39. The summed E-state index contributed by atoms with van der Waals surface area (Å²) in [5.74, 6) is -0.308. The molecule has 0 aliphatic carbocycles. The average molecular weight is 288 g/mol. The van der Waals surface area contributed by atoms with Crippen molar-refractivity contribution in [3.05, 3.63) is 28.2 Å². The number of halogens is 1. The van der Waals surface area contributed by atoms with Crippen molar-refractivity contribution in [2.24, 2.45) is 5.73 Å². The van der Waals surface area contributed by atoms with Crippen molar-refractivity contribution >= 4 is 21.9 Å². The quantitative estimate of drug-likeness (QED) is 0.886. The fourth-order valence-electron chi connectivity index (χ4n) is 1.32. The van der Waals surface area contributed by atoms with Gasteiger partial charge in [-0.3, -0.25) is 4.79 Å². The Morgan fingerprint density at radius 2 is 2.25 bits per heavy atom. The van der Waals surface area contributed by atoms with Gasteiger partial charge in [0.2, 0.25) is 0 Å². The molecule has 0 aromatic heterocycles. The normalized spacial score (nSPS) is 14.2. The van der Waals surface area contributed by atoms with E-state index < -0.39 is 11.5 Å². The van der Waals surface area contributed by atoms with Crippen LogP contribution in [0.5, 0.6) is 5.75 Å². The number of carboxylic acid groups (broad SMARTS) is 1. The van der Waals surface area contributed by atoms with Crippen molar-refractivity contribution in [3.8, 4) is 5.75 Å². The number of hydrogen-bond donors (Lipinski definition) is 2. The second kappa shape index (κ2) is 4.84. The lowest BCUT2D eigenvalue weighted by Gasteiger charge is -2.19. The Labute approximate surface area is 103 Å². The van der Waals surface area contributed by atoms with Crippen LogP contribution in [0, 0.1) is 0 Å². The molecule has 88 valence electrons. The summed E-state index contributed by atoms with van der Waals surface area (Å²) in [5.41, 5.74) is 5.26. The van der Waals surface area contributed by atoms with E-state index in [1.54, 1.807) is 19.2 Å². The fraction of sp³-hybridized carbons (Fsp3) is 0.364. The smallest absolute Gasteiger partial charge is 0.323 e. The number of methoxy groups -OCH3 is 1. The number of aliphatic carboxylic acids is 1. The molecular formula is C11H14BrNO3. The topological polar surface area (TPSA) is 72.5 Å². The summed E-state index contributed by atoms with van der Waals surface area (Å²) in [5, 5.41) is 8.91. The highest BCUT2D eigenvalue weighted by Crippen LogP contribution is 2.26. The highest BCUT2D eigenvalue weighted by molar-refractivity contribution is 9.10. The zero-order valence-electron chi connectivity index (χ0n) is 9.16. The number of benzene rings is 1. The lowest BCUT2D eigenvalue weighted by molar-refractivity contribution is -0.142. The molecule has 0 spiro atoms. The predicted octanol–water partition coefficient (Wildman–Crippen LogP) is 1.80. The van der Waals surface area contributed by atoms with Crippen molar-refractivity contribution in [3.63, 3.8) is 0 Å². The molecule has 0 aliphatic rings. The summed E-state index contributed by atoms with van der Waals surface area (Å²) in [6.45, 7) is 1.49. The Bertz CT molecular complexity index is 404. The largest absolute Gasteiger partial charge is 0.496 e. The van der Waals surface area contributed by atoms with E-state index in [-0.39, 0.29) is 6.42 Å². The number of carbonyl (C=O) groups is 1. The summed E-state index contributed by atoms with van der Waals surface area (Å²) in [6.07, 6.45) is 0.269. The van der Waals surface area contributed by atoms with E-state index in [1.165, 1.54) is 6.92 Å². The maximum atomic E-state index is 10.9. The van der Waals surface area contributed by atoms with Gasteiger partial charge in [-0.2, -0.15) is 0 Å². The Kier molecular flexibility index (Phi) is 3.93. The first-order valence-corrected chi connectivity index (χ1v) is 5.51. The second-order valence-corrected chi connectivity index (χ2v) is 4.72. The van der Waals surface area contributed by atoms with E-state index in [1.807, 2.05) is 6.07 Å². The monoisotopic (exact) mass is 287 g/mol. The van der Waals surface area contributed by atoms with Crippen LogP contribution >= 0.6 is 15.9 Å². The lowest BCUT2D eigenvalue weighted by Crippen LogP contribution is -2.46. The van der Waals surface area contributed by atoms with Crippen molar-refractivity contribution in [1.29, 1.82) is 0 Å². The molecule has 0 amide bonds. The third-order valence-corrected chi connectivity index (χ3v) is 2.90. The van der Waals surface area contributed by atoms with Gasteiger partial charge in [0.25, 0.3) is 0 Å². The van der Waals surface area contributed by atoms with Gasteiger partial charge in [-0.05, 0) is 40.5 Å². The van der Waals surface area contributed by atoms with Gasteiger partial charge in [-0.1, -0.05) is 6.07 Å². The maximum absolute atomic E-state index is 10.9. The van der Waals surface area contributed by atoms with Gasteiger partial charge in [-0.15, -0.1) is 0 Å². The molecule has 1 aromatic carbocycles. The van der Waals surface area contributed by atoms with Gasteiger partial charge >= 0.3 is 5.97 Å². The molecule has 4 nitrogen and oxygen atoms in total. The highest BCUT2D eigenvalue weighted by Gasteiger charge is 2.28. The van der Waals surface area contributed by atoms with Crippen LogP contribution < -0.4 is 10.5 Å². The average Bonchev–Trinajstić information content (AvgIpc) is 2.17. The van der Waals surface area contributed by atoms with Crippen molar-refractivity contribution in [1.82, 2.24) is 0 Å². The van der Waals surface area contributed by atoms with E-state index >= 15 is 0 Å². The van der Waals surface area contributed by atoms with Gasteiger partial charge in [0.15, 0.2) is 0 Å². The van der Waals surface area contributed by atoms with Crippen LogP contribution in [0.1, 0.15) is 12.5 Å². The first kappa shape index (κ1) is 13.0. The van der Waals surface area contributed by atoms with Crippen LogP contribution in [-0.4, -0.2) is 23.7 Å². The maximum Gasteiger partial charge on any atom is 0.323 e. The molecule has 16 heavy (non-hydrogen) atoms. The molecule has 0 saturated heterocycles. The summed E-state index contributed by atoms with van der Waals surface area (Å²) < 4.78 is 5.87. The molecular weight excluding hydrogens is 274 g/mol. The van der Waals surface area contributed by atoms with Crippen LogP contribution in [0.4, 0.5) is 0 Å². The summed E-state index contributed by atoms with van der Waals surface area (Å²) in [7, 11) is 1.57. The molecule has 3 N–H and O–H groups in total. The molecule has 0 saturated carbocycles. The van der Waals surface area contributed by atoms with Crippen LogP contribution in [0.25, 0.3) is 0 Å². The van der Waals surface area contributed by atoms with Crippen LogP contribution in [0.15, 0.2) is 22.7 Å². The Morgan fingerprint density at radius 1 is 1.62 bits per heavy atom. The molecule has 0 unspecified atom stereocenters. The van der Waals surface area contributed by atoms with Gasteiger partial charge in [0.1, 0.15) is 11.3 Å². The fourth-order valence-corrected chi connectivity index (χ4v) is 1.91. The predicted molar refractivity (Wildman–Crippen MR) is 64.6 cm³/mol.